The molecule has 1 heterocycles. The third-order valence-electron chi connectivity index (χ3n) is 4.95. The Morgan fingerprint density at radius 2 is 1.96 bits per heavy atom. The van der Waals surface area contributed by atoms with Gasteiger partial charge in [0.25, 0.3) is 0 Å². The molecule has 0 spiro atoms. The van der Waals surface area contributed by atoms with Gasteiger partial charge < -0.3 is 10.2 Å². The zero-order valence-electron chi connectivity index (χ0n) is 16.2. The minimum absolute atomic E-state index is 0.0798. The molecule has 0 aromatic carbocycles. The highest BCUT2D eigenvalue weighted by molar-refractivity contribution is 5.77. The molecule has 4 heteroatoms. The van der Waals surface area contributed by atoms with Gasteiger partial charge in [-0.3, -0.25) is 9.59 Å². The van der Waals surface area contributed by atoms with Gasteiger partial charge in [-0.1, -0.05) is 33.1 Å². The summed E-state index contributed by atoms with van der Waals surface area (Å²) in [5.41, 5.74) is 0. The number of hydrogen-bond acceptors (Lipinski definition) is 2. The molecule has 25 heavy (non-hydrogen) atoms. The number of rotatable bonds is 12. The van der Waals surface area contributed by atoms with Gasteiger partial charge in [0.15, 0.2) is 0 Å². The van der Waals surface area contributed by atoms with Gasteiger partial charge in [0.2, 0.25) is 11.8 Å². The van der Waals surface area contributed by atoms with E-state index in [0.717, 1.165) is 45.1 Å². The molecule has 142 valence electrons. The molecule has 1 aliphatic rings. The van der Waals surface area contributed by atoms with Crippen LogP contribution < -0.4 is 5.32 Å². The van der Waals surface area contributed by atoms with Crippen LogP contribution in [-0.4, -0.2) is 35.8 Å². The molecular formula is C21H36N2O2. The van der Waals surface area contributed by atoms with E-state index < -0.39 is 0 Å². The van der Waals surface area contributed by atoms with E-state index in [-0.39, 0.29) is 5.91 Å². The first kappa shape index (κ1) is 21.5. The standard InChI is InChI=1S/C21H36N2O2/c1-4-6-9-13-20(24)22-15-11-8-10-14-21(25)23-17-18(3)16-19(23)12-7-5-2/h1,18-19H,5-17H2,2-3H3,(H,22,24). The molecular weight excluding hydrogens is 312 g/mol. The van der Waals surface area contributed by atoms with Crippen molar-refractivity contribution in [1.29, 1.82) is 0 Å². The number of carbonyl (C=O) groups excluding carboxylic acids is 2. The van der Waals surface area contributed by atoms with Crippen LogP contribution in [0.25, 0.3) is 0 Å². The fourth-order valence-corrected chi connectivity index (χ4v) is 3.56. The molecule has 2 amide bonds. The van der Waals surface area contributed by atoms with E-state index in [9.17, 15) is 9.59 Å². The maximum atomic E-state index is 12.5. The van der Waals surface area contributed by atoms with Crippen molar-refractivity contribution in [3.8, 4) is 12.3 Å². The van der Waals surface area contributed by atoms with E-state index in [4.69, 9.17) is 6.42 Å². The molecule has 1 N–H and O–H groups in total. The van der Waals surface area contributed by atoms with Crippen molar-refractivity contribution >= 4 is 11.8 Å². The van der Waals surface area contributed by atoms with Gasteiger partial charge in [-0.2, -0.15) is 0 Å². The van der Waals surface area contributed by atoms with E-state index in [2.05, 4.69) is 30.0 Å². The van der Waals surface area contributed by atoms with Gasteiger partial charge in [0.1, 0.15) is 0 Å². The first-order chi connectivity index (χ1) is 12.1. The predicted molar refractivity (Wildman–Crippen MR) is 103 cm³/mol. The average Bonchev–Trinajstić information content (AvgIpc) is 2.97. The van der Waals surface area contributed by atoms with E-state index in [1.807, 2.05) is 0 Å². The topological polar surface area (TPSA) is 49.4 Å². The maximum absolute atomic E-state index is 12.5. The van der Waals surface area contributed by atoms with Crippen LogP contribution in [-0.2, 0) is 9.59 Å². The Bertz CT molecular complexity index is 442. The number of carbonyl (C=O) groups is 2. The van der Waals surface area contributed by atoms with Crippen LogP contribution in [0.15, 0.2) is 0 Å². The minimum atomic E-state index is 0.0798. The number of hydrogen-bond donors (Lipinski definition) is 1. The molecule has 1 fully saturated rings. The van der Waals surface area contributed by atoms with E-state index in [0.29, 0.717) is 43.7 Å². The van der Waals surface area contributed by atoms with E-state index in [1.165, 1.54) is 12.8 Å². The molecule has 0 aromatic rings. The number of amides is 2. The Kier molecular flexibility index (Phi) is 11.0. The number of nitrogens with zero attached hydrogens (tertiary/aromatic N) is 1. The fourth-order valence-electron chi connectivity index (χ4n) is 3.56. The minimum Gasteiger partial charge on any atom is -0.356 e. The monoisotopic (exact) mass is 348 g/mol. The molecule has 0 saturated carbocycles. The highest BCUT2D eigenvalue weighted by Gasteiger charge is 2.31. The predicted octanol–water partition coefficient (Wildman–Crippen LogP) is 3.89. The number of unbranched alkanes of at least 4 members (excludes halogenated alkanes) is 4. The SMILES string of the molecule is C#CCCCC(=O)NCCCCCC(=O)N1CC(C)CC1CCCC. The van der Waals surface area contributed by atoms with E-state index >= 15 is 0 Å². The van der Waals surface area contributed by atoms with Crippen molar-refractivity contribution in [2.45, 2.75) is 90.5 Å². The summed E-state index contributed by atoms with van der Waals surface area (Å²) in [6.07, 6.45) is 15.3. The first-order valence-electron chi connectivity index (χ1n) is 10.1. The highest BCUT2D eigenvalue weighted by atomic mass is 16.2. The first-order valence-corrected chi connectivity index (χ1v) is 10.1. The Morgan fingerprint density at radius 1 is 1.16 bits per heavy atom. The van der Waals surface area contributed by atoms with E-state index in [1.54, 1.807) is 0 Å². The Labute approximate surface area is 154 Å². The number of terminal acetylenes is 1. The lowest BCUT2D eigenvalue weighted by atomic mass is 10.0. The third-order valence-corrected chi connectivity index (χ3v) is 4.95. The summed E-state index contributed by atoms with van der Waals surface area (Å²) in [5, 5.41) is 2.92. The normalized spacial score (nSPS) is 19.6. The smallest absolute Gasteiger partial charge is 0.222 e. The van der Waals surface area contributed by atoms with Gasteiger partial charge in [-0.05, 0) is 38.0 Å². The summed E-state index contributed by atoms with van der Waals surface area (Å²) in [6, 6.07) is 0.463. The van der Waals surface area contributed by atoms with Gasteiger partial charge in [-0.25, -0.2) is 0 Å². The van der Waals surface area contributed by atoms with Crippen molar-refractivity contribution in [3.05, 3.63) is 0 Å². The summed E-state index contributed by atoms with van der Waals surface area (Å²) in [4.78, 5) is 26.2. The molecule has 0 aromatic heterocycles. The van der Waals surface area contributed by atoms with Crippen LogP contribution in [0.5, 0.6) is 0 Å². The molecule has 1 aliphatic heterocycles. The van der Waals surface area contributed by atoms with Crippen LogP contribution in [0.2, 0.25) is 0 Å². The third kappa shape index (κ3) is 8.95. The zero-order chi connectivity index (χ0) is 18.5. The van der Waals surface area contributed by atoms with Gasteiger partial charge in [-0.15, -0.1) is 12.3 Å². The van der Waals surface area contributed by atoms with Crippen molar-refractivity contribution in [2.75, 3.05) is 13.1 Å². The lowest BCUT2D eigenvalue weighted by Crippen LogP contribution is -2.35. The van der Waals surface area contributed by atoms with Crippen LogP contribution in [0.4, 0.5) is 0 Å². The summed E-state index contributed by atoms with van der Waals surface area (Å²) >= 11 is 0. The second-order valence-electron chi connectivity index (χ2n) is 7.40. The summed E-state index contributed by atoms with van der Waals surface area (Å²) in [6.45, 7) is 6.08. The summed E-state index contributed by atoms with van der Waals surface area (Å²) in [5.74, 6) is 3.58. The second-order valence-corrected chi connectivity index (χ2v) is 7.40. The number of likely N-dealkylation sites (tertiary alicyclic amines) is 1. The quantitative estimate of drug-likeness (QED) is 0.430. The van der Waals surface area contributed by atoms with Crippen LogP contribution in [0.1, 0.15) is 84.5 Å². The second kappa shape index (κ2) is 12.8. The lowest BCUT2D eigenvalue weighted by Gasteiger charge is -2.24. The molecule has 4 nitrogen and oxygen atoms in total. The van der Waals surface area contributed by atoms with Crippen molar-refractivity contribution in [1.82, 2.24) is 10.2 Å². The van der Waals surface area contributed by atoms with Gasteiger partial charge >= 0.3 is 0 Å². The van der Waals surface area contributed by atoms with Crippen molar-refractivity contribution in [3.63, 3.8) is 0 Å². The molecule has 0 aliphatic carbocycles. The molecule has 1 saturated heterocycles. The Morgan fingerprint density at radius 3 is 2.68 bits per heavy atom. The number of nitrogens with one attached hydrogen (secondary N) is 1. The van der Waals surface area contributed by atoms with Crippen molar-refractivity contribution in [2.24, 2.45) is 5.92 Å². The summed E-state index contributed by atoms with van der Waals surface area (Å²) < 4.78 is 0. The zero-order valence-corrected chi connectivity index (χ0v) is 16.2. The largest absolute Gasteiger partial charge is 0.356 e. The molecule has 0 radical (unpaired) electrons. The molecule has 2 atom stereocenters. The molecule has 2 unspecified atom stereocenters. The van der Waals surface area contributed by atoms with Crippen LogP contribution in [0.3, 0.4) is 0 Å². The summed E-state index contributed by atoms with van der Waals surface area (Å²) in [7, 11) is 0. The lowest BCUT2D eigenvalue weighted by molar-refractivity contribution is -0.132. The van der Waals surface area contributed by atoms with Crippen LogP contribution in [0, 0.1) is 18.3 Å². The molecule has 1 rings (SSSR count). The Hall–Kier alpha value is -1.50. The highest BCUT2D eigenvalue weighted by Crippen LogP contribution is 2.27. The van der Waals surface area contributed by atoms with Crippen molar-refractivity contribution < 1.29 is 9.59 Å². The fraction of sp³-hybridized carbons (Fsp3) is 0.810. The average molecular weight is 349 g/mol. The maximum Gasteiger partial charge on any atom is 0.222 e. The van der Waals surface area contributed by atoms with Gasteiger partial charge in [0.05, 0.1) is 0 Å². The Balaban J connectivity index is 2.11. The van der Waals surface area contributed by atoms with Crippen LogP contribution >= 0.6 is 0 Å². The molecule has 0 bridgehead atoms. The van der Waals surface area contributed by atoms with Gasteiger partial charge in [0, 0.05) is 38.4 Å².